The number of aromatic nitrogens is 2. The molecule has 0 fully saturated rings. The van der Waals surface area contributed by atoms with Crippen LogP contribution in [0.2, 0.25) is 5.28 Å². The lowest BCUT2D eigenvalue weighted by Crippen LogP contribution is -1.96. The molecule has 0 unspecified atom stereocenters. The highest BCUT2D eigenvalue weighted by Crippen LogP contribution is 2.25. The van der Waals surface area contributed by atoms with Gasteiger partial charge in [-0.15, -0.1) is 0 Å². The average molecular weight is 275 g/mol. The molecular weight excluding hydrogens is 268 g/mol. The van der Waals surface area contributed by atoms with Gasteiger partial charge in [0.05, 0.1) is 4.90 Å². The van der Waals surface area contributed by atoms with E-state index in [9.17, 15) is 8.42 Å². The molecule has 1 aromatic carbocycles. The third-order valence-electron chi connectivity index (χ3n) is 1.91. The maximum atomic E-state index is 11.4. The van der Waals surface area contributed by atoms with Crippen LogP contribution in [0.5, 0.6) is 0 Å². The smallest absolute Gasteiger partial charge is 0.224 e. The fourth-order valence-corrected chi connectivity index (χ4v) is 2.65. The minimum Gasteiger partial charge on any atom is -0.224 e. The maximum Gasteiger partial charge on any atom is 0.234 e. The summed E-state index contributed by atoms with van der Waals surface area (Å²) in [6.45, 7) is 0. The summed E-state index contributed by atoms with van der Waals surface area (Å²) >= 11 is 6.74. The van der Waals surface area contributed by atoms with Crippen molar-refractivity contribution >= 4 is 33.0 Å². The van der Waals surface area contributed by atoms with Gasteiger partial charge in [-0.05, 0) is 35.3 Å². The Bertz CT molecular complexity index is 622. The van der Waals surface area contributed by atoms with Crippen LogP contribution in [0.3, 0.4) is 0 Å². The number of sulfone groups is 1. The van der Waals surface area contributed by atoms with Crippen LogP contribution in [0.4, 0.5) is 0 Å². The van der Waals surface area contributed by atoms with E-state index in [0.717, 1.165) is 11.5 Å². The zero-order valence-electron chi connectivity index (χ0n) is 8.21. The first-order valence-corrected chi connectivity index (χ1v) is 7.31. The van der Waals surface area contributed by atoms with Gasteiger partial charge in [-0.25, -0.2) is 13.4 Å². The van der Waals surface area contributed by atoms with E-state index in [4.69, 9.17) is 11.6 Å². The van der Waals surface area contributed by atoms with E-state index in [2.05, 4.69) is 9.36 Å². The molecule has 0 atom stereocenters. The lowest BCUT2D eigenvalue weighted by atomic mass is 10.2. The first kappa shape index (κ1) is 11.5. The van der Waals surface area contributed by atoms with Crippen LogP contribution >= 0.6 is 23.1 Å². The molecule has 0 radical (unpaired) electrons. The number of hydrogen-bond donors (Lipinski definition) is 0. The first-order valence-electron chi connectivity index (χ1n) is 4.26. The molecule has 2 rings (SSSR count). The molecule has 0 amide bonds. The predicted octanol–water partition coefficient (Wildman–Crippen LogP) is 2.26. The van der Waals surface area contributed by atoms with E-state index in [1.807, 2.05) is 0 Å². The zero-order chi connectivity index (χ0) is 11.8. The van der Waals surface area contributed by atoms with Crippen LogP contribution in [0.1, 0.15) is 0 Å². The summed E-state index contributed by atoms with van der Waals surface area (Å²) in [5.41, 5.74) is 0.701. The Morgan fingerprint density at radius 2 is 2.12 bits per heavy atom. The van der Waals surface area contributed by atoms with Crippen LogP contribution in [0.15, 0.2) is 29.2 Å². The molecule has 0 saturated carbocycles. The fraction of sp³-hybridized carbons (Fsp3) is 0.111. The minimum absolute atomic E-state index is 0.171. The summed E-state index contributed by atoms with van der Waals surface area (Å²) < 4.78 is 26.6. The van der Waals surface area contributed by atoms with Crippen molar-refractivity contribution in [2.24, 2.45) is 0 Å². The summed E-state index contributed by atoms with van der Waals surface area (Å²) in [5.74, 6) is 0. The van der Waals surface area contributed by atoms with Gasteiger partial charge < -0.3 is 0 Å². The maximum absolute atomic E-state index is 11.4. The monoisotopic (exact) mass is 274 g/mol. The van der Waals surface area contributed by atoms with Crippen molar-refractivity contribution in [2.45, 2.75) is 4.90 Å². The summed E-state index contributed by atoms with van der Waals surface area (Å²) in [6.07, 6.45) is 1.17. The highest BCUT2D eigenvalue weighted by Gasteiger charge is 2.10. The van der Waals surface area contributed by atoms with Gasteiger partial charge in [0.2, 0.25) is 5.28 Å². The van der Waals surface area contributed by atoms with E-state index in [1.165, 1.54) is 6.26 Å². The number of rotatable bonds is 2. The lowest BCUT2D eigenvalue weighted by Gasteiger charge is -2.00. The Hall–Kier alpha value is -0.980. The van der Waals surface area contributed by atoms with Gasteiger partial charge >= 0.3 is 0 Å². The number of benzene rings is 1. The van der Waals surface area contributed by atoms with Gasteiger partial charge in [-0.3, -0.25) is 0 Å². The Balaban J connectivity index is 2.52. The third kappa shape index (κ3) is 2.40. The Morgan fingerprint density at radius 1 is 1.38 bits per heavy atom. The topological polar surface area (TPSA) is 59.9 Å². The fourth-order valence-electron chi connectivity index (χ4n) is 1.18. The largest absolute Gasteiger partial charge is 0.234 e. The molecule has 84 valence electrons. The normalized spacial score (nSPS) is 11.6. The van der Waals surface area contributed by atoms with Crippen LogP contribution in [-0.4, -0.2) is 24.0 Å². The molecule has 1 heterocycles. The van der Waals surface area contributed by atoms with Crippen LogP contribution < -0.4 is 0 Å². The van der Waals surface area contributed by atoms with Crippen molar-refractivity contribution in [2.75, 3.05) is 6.26 Å². The molecule has 4 nitrogen and oxygen atoms in total. The second kappa shape index (κ2) is 4.12. The van der Waals surface area contributed by atoms with Crippen molar-refractivity contribution in [3.8, 4) is 10.6 Å². The van der Waals surface area contributed by atoms with Crippen molar-refractivity contribution in [3.05, 3.63) is 29.5 Å². The van der Waals surface area contributed by atoms with Gasteiger partial charge in [-0.1, -0.05) is 12.1 Å². The van der Waals surface area contributed by atoms with Crippen molar-refractivity contribution in [3.63, 3.8) is 0 Å². The molecule has 0 aliphatic rings. The molecule has 16 heavy (non-hydrogen) atoms. The summed E-state index contributed by atoms with van der Waals surface area (Å²) in [5, 5.41) is 0.778. The van der Waals surface area contributed by atoms with E-state index in [0.29, 0.717) is 10.6 Å². The third-order valence-corrected chi connectivity index (χ3v) is 4.05. The Kier molecular flexibility index (Phi) is 2.96. The SMILES string of the molecule is CS(=O)(=O)c1cccc(-c2nc(Cl)ns2)c1. The van der Waals surface area contributed by atoms with Gasteiger partial charge in [0.15, 0.2) is 9.84 Å². The predicted molar refractivity (Wildman–Crippen MR) is 63.5 cm³/mol. The first-order chi connectivity index (χ1) is 7.47. The lowest BCUT2D eigenvalue weighted by molar-refractivity contribution is 0.602. The summed E-state index contributed by atoms with van der Waals surface area (Å²) in [6, 6.07) is 6.54. The van der Waals surface area contributed by atoms with E-state index >= 15 is 0 Å². The number of halogens is 1. The van der Waals surface area contributed by atoms with E-state index in [-0.39, 0.29) is 10.2 Å². The van der Waals surface area contributed by atoms with E-state index < -0.39 is 9.84 Å². The average Bonchev–Trinajstić information content (AvgIpc) is 2.64. The highest BCUT2D eigenvalue weighted by molar-refractivity contribution is 7.90. The van der Waals surface area contributed by atoms with Gasteiger partial charge in [0.1, 0.15) is 5.01 Å². The molecule has 0 aliphatic heterocycles. The molecule has 0 spiro atoms. The molecule has 0 aliphatic carbocycles. The van der Waals surface area contributed by atoms with Crippen LogP contribution in [-0.2, 0) is 9.84 Å². The molecular formula is C9H7ClN2O2S2. The van der Waals surface area contributed by atoms with E-state index in [1.54, 1.807) is 24.3 Å². The van der Waals surface area contributed by atoms with Crippen LogP contribution in [0.25, 0.3) is 10.6 Å². The van der Waals surface area contributed by atoms with Gasteiger partial charge in [0.25, 0.3) is 0 Å². The molecule has 0 saturated heterocycles. The second-order valence-electron chi connectivity index (χ2n) is 3.17. The molecule has 7 heteroatoms. The summed E-state index contributed by atoms with van der Waals surface area (Å²) in [4.78, 5) is 4.24. The highest BCUT2D eigenvalue weighted by atomic mass is 35.5. The molecule has 2 aromatic rings. The molecule has 1 aromatic heterocycles. The van der Waals surface area contributed by atoms with Crippen molar-refractivity contribution in [1.82, 2.24) is 9.36 Å². The molecule has 0 bridgehead atoms. The summed E-state index contributed by atoms with van der Waals surface area (Å²) in [7, 11) is -3.20. The number of hydrogen-bond acceptors (Lipinski definition) is 5. The standard InChI is InChI=1S/C9H7ClN2O2S2/c1-16(13,14)7-4-2-3-6(5-7)8-11-9(10)12-15-8/h2-5H,1H3. The zero-order valence-corrected chi connectivity index (χ0v) is 10.6. The molecule has 0 N–H and O–H groups in total. The van der Waals surface area contributed by atoms with Gasteiger partial charge in [-0.2, -0.15) is 4.37 Å². The quantitative estimate of drug-likeness (QED) is 0.843. The van der Waals surface area contributed by atoms with Gasteiger partial charge in [0, 0.05) is 11.8 Å². The van der Waals surface area contributed by atoms with Crippen LogP contribution in [0, 0.1) is 0 Å². The second-order valence-corrected chi connectivity index (χ2v) is 6.27. The van der Waals surface area contributed by atoms with Crippen molar-refractivity contribution in [1.29, 1.82) is 0 Å². The Labute approximate surface area is 102 Å². The van der Waals surface area contributed by atoms with Crippen molar-refractivity contribution < 1.29 is 8.42 Å². The Morgan fingerprint density at radius 3 is 2.69 bits per heavy atom. The minimum atomic E-state index is -3.20. The number of nitrogens with zero attached hydrogens (tertiary/aromatic N) is 2.